The molecule has 1 aromatic rings. The van der Waals surface area contributed by atoms with E-state index in [1.165, 1.54) is 0 Å². The van der Waals surface area contributed by atoms with Gasteiger partial charge in [-0.15, -0.1) is 0 Å². The number of allylic oxidation sites excluding steroid dienone is 3. The summed E-state index contributed by atoms with van der Waals surface area (Å²) < 4.78 is 0. The summed E-state index contributed by atoms with van der Waals surface area (Å²) in [5.74, 6) is -0.505. The van der Waals surface area contributed by atoms with Crippen molar-refractivity contribution >= 4 is 34.9 Å². The maximum absolute atomic E-state index is 13.5. The van der Waals surface area contributed by atoms with E-state index in [9.17, 15) is 9.59 Å². The molecule has 1 aliphatic carbocycles. The number of nitrogens with one attached hydrogen (secondary N) is 1. The maximum atomic E-state index is 13.5. The number of amides is 1. The highest BCUT2D eigenvalue weighted by atomic mass is 35.5. The van der Waals surface area contributed by atoms with Crippen LogP contribution in [0.3, 0.4) is 0 Å². The predicted octanol–water partition coefficient (Wildman–Crippen LogP) is 5.47. The number of nitrogens with zero attached hydrogens (tertiary/aromatic N) is 1. The fraction of sp³-hybridized carbons (Fsp3) is 0.478. The molecule has 2 aliphatic rings. The molecule has 6 heteroatoms. The van der Waals surface area contributed by atoms with Crippen LogP contribution in [0.15, 0.2) is 40.7 Å². The van der Waals surface area contributed by atoms with E-state index in [0.29, 0.717) is 34.3 Å². The Morgan fingerprint density at radius 3 is 2.48 bits per heavy atom. The van der Waals surface area contributed by atoms with Crippen LogP contribution in [0.4, 0.5) is 0 Å². The highest BCUT2D eigenvalue weighted by Gasteiger charge is 2.45. The minimum absolute atomic E-state index is 0.0691. The number of dihydropyridines is 1. The van der Waals surface area contributed by atoms with Gasteiger partial charge in [0.2, 0.25) is 0 Å². The van der Waals surface area contributed by atoms with Crippen LogP contribution >= 0.6 is 23.2 Å². The first-order valence-corrected chi connectivity index (χ1v) is 10.9. The van der Waals surface area contributed by atoms with Gasteiger partial charge in [0, 0.05) is 57.0 Å². The average Bonchev–Trinajstić information content (AvgIpc) is 2.65. The number of rotatable bonds is 4. The first kappa shape index (κ1) is 21.9. The summed E-state index contributed by atoms with van der Waals surface area (Å²) in [7, 11) is 0. The van der Waals surface area contributed by atoms with Crippen molar-refractivity contribution in [1.82, 2.24) is 10.2 Å². The van der Waals surface area contributed by atoms with Gasteiger partial charge in [-0.05, 0) is 51.3 Å². The number of halogens is 2. The van der Waals surface area contributed by atoms with E-state index < -0.39 is 11.3 Å². The predicted molar refractivity (Wildman–Crippen MR) is 118 cm³/mol. The van der Waals surface area contributed by atoms with Crippen molar-refractivity contribution in [2.45, 2.75) is 53.4 Å². The molecule has 0 fully saturated rings. The van der Waals surface area contributed by atoms with Gasteiger partial charge < -0.3 is 10.2 Å². The van der Waals surface area contributed by atoms with Crippen LogP contribution in [-0.2, 0) is 9.59 Å². The van der Waals surface area contributed by atoms with E-state index in [4.69, 9.17) is 23.2 Å². The van der Waals surface area contributed by atoms with E-state index in [1.807, 2.05) is 40.7 Å². The molecular formula is C23H28Cl2N2O2. The number of benzene rings is 1. The molecule has 156 valence electrons. The molecule has 0 saturated heterocycles. The van der Waals surface area contributed by atoms with Gasteiger partial charge in [-0.1, -0.05) is 43.1 Å². The van der Waals surface area contributed by atoms with Gasteiger partial charge in [0.1, 0.15) is 0 Å². The number of ketones is 1. The summed E-state index contributed by atoms with van der Waals surface area (Å²) in [5, 5.41) is 4.36. The topological polar surface area (TPSA) is 49.4 Å². The van der Waals surface area contributed by atoms with Gasteiger partial charge in [0.05, 0.1) is 0 Å². The molecular weight excluding hydrogens is 407 g/mol. The Morgan fingerprint density at radius 1 is 1.24 bits per heavy atom. The van der Waals surface area contributed by atoms with Crippen LogP contribution in [0, 0.1) is 5.41 Å². The summed E-state index contributed by atoms with van der Waals surface area (Å²) >= 11 is 12.7. The van der Waals surface area contributed by atoms with Crippen molar-refractivity contribution in [3.05, 3.63) is 56.3 Å². The highest BCUT2D eigenvalue weighted by Crippen LogP contribution is 2.48. The second-order valence-electron chi connectivity index (χ2n) is 8.35. The lowest BCUT2D eigenvalue weighted by Crippen LogP contribution is -2.43. The number of hydrogen-bond acceptors (Lipinski definition) is 3. The van der Waals surface area contributed by atoms with Crippen molar-refractivity contribution in [3.8, 4) is 0 Å². The monoisotopic (exact) mass is 434 g/mol. The van der Waals surface area contributed by atoms with Crippen molar-refractivity contribution in [2.75, 3.05) is 13.1 Å². The smallest absolute Gasteiger partial charge is 0.252 e. The molecule has 0 spiro atoms. The largest absolute Gasteiger partial charge is 0.362 e. The number of likely N-dealkylation sites (N-methyl/N-ethyl adjacent to an activating group) is 1. The zero-order chi connectivity index (χ0) is 21.5. The third kappa shape index (κ3) is 3.85. The number of carbonyl (C=O) groups is 2. The second-order valence-corrected chi connectivity index (χ2v) is 9.19. The molecule has 1 aliphatic heterocycles. The quantitative estimate of drug-likeness (QED) is 0.683. The first-order valence-electron chi connectivity index (χ1n) is 10.1. The van der Waals surface area contributed by atoms with Crippen molar-refractivity contribution < 1.29 is 9.59 Å². The lowest BCUT2D eigenvalue weighted by Gasteiger charge is -2.40. The van der Waals surface area contributed by atoms with Crippen LogP contribution in [0.25, 0.3) is 0 Å². The van der Waals surface area contributed by atoms with Gasteiger partial charge in [-0.2, -0.15) is 0 Å². The zero-order valence-corrected chi connectivity index (χ0v) is 19.2. The molecule has 3 rings (SSSR count). The van der Waals surface area contributed by atoms with Crippen molar-refractivity contribution in [3.63, 3.8) is 0 Å². The Bertz CT molecular complexity index is 927. The Morgan fingerprint density at radius 2 is 1.90 bits per heavy atom. The molecule has 0 saturated carbocycles. The first-order chi connectivity index (χ1) is 13.6. The molecule has 0 radical (unpaired) electrons. The minimum Gasteiger partial charge on any atom is -0.362 e. The Hall–Kier alpha value is -1.78. The van der Waals surface area contributed by atoms with Crippen LogP contribution in [0.5, 0.6) is 0 Å². The third-order valence-electron chi connectivity index (χ3n) is 6.06. The normalized spacial score (nSPS) is 21.1. The van der Waals surface area contributed by atoms with Gasteiger partial charge in [-0.25, -0.2) is 0 Å². The van der Waals surface area contributed by atoms with Crippen molar-refractivity contribution in [1.29, 1.82) is 0 Å². The van der Waals surface area contributed by atoms with E-state index in [2.05, 4.69) is 5.32 Å². The van der Waals surface area contributed by atoms with Crippen molar-refractivity contribution in [2.24, 2.45) is 5.41 Å². The molecule has 29 heavy (non-hydrogen) atoms. The molecule has 4 nitrogen and oxygen atoms in total. The Kier molecular flexibility index (Phi) is 6.16. The zero-order valence-electron chi connectivity index (χ0n) is 17.7. The third-order valence-corrected chi connectivity index (χ3v) is 6.62. The SMILES string of the molecule is CCN(CC)C(=O)C1=C(C)NC2=C(C(=O)C(C)(C)CC2)C1c1ccc(Cl)cc1Cl. The van der Waals surface area contributed by atoms with Gasteiger partial charge in [0.25, 0.3) is 5.91 Å². The lowest BCUT2D eigenvalue weighted by atomic mass is 9.67. The second kappa shape index (κ2) is 8.16. The highest BCUT2D eigenvalue weighted by molar-refractivity contribution is 6.35. The number of hydrogen-bond donors (Lipinski definition) is 1. The fourth-order valence-electron chi connectivity index (χ4n) is 4.29. The standard InChI is InChI=1S/C23H28Cl2N2O2/c1-6-27(7-2)22(29)18-13(3)26-17-10-11-23(4,5)21(28)20(17)19(18)15-9-8-14(24)12-16(15)25/h8-9,12,19,26H,6-7,10-11H2,1-5H3. The summed E-state index contributed by atoms with van der Waals surface area (Å²) in [5.41, 5.74) is 3.19. The van der Waals surface area contributed by atoms with Crippen LogP contribution in [0.1, 0.15) is 58.9 Å². The van der Waals surface area contributed by atoms with E-state index >= 15 is 0 Å². The fourth-order valence-corrected chi connectivity index (χ4v) is 4.81. The van der Waals surface area contributed by atoms with Crippen LogP contribution < -0.4 is 5.32 Å². The van der Waals surface area contributed by atoms with Crippen LogP contribution in [-0.4, -0.2) is 29.7 Å². The number of Topliss-reactive ketones (excluding diaryl/α,β-unsaturated/α-hetero) is 1. The number of carbonyl (C=O) groups excluding carboxylic acids is 2. The van der Waals surface area contributed by atoms with Gasteiger partial charge >= 0.3 is 0 Å². The maximum Gasteiger partial charge on any atom is 0.252 e. The summed E-state index contributed by atoms with van der Waals surface area (Å²) in [6.07, 6.45) is 1.53. The Balaban J connectivity index is 2.25. The molecule has 1 N–H and O–H groups in total. The molecule has 1 unspecified atom stereocenters. The van der Waals surface area contributed by atoms with E-state index in [-0.39, 0.29) is 11.7 Å². The molecule has 1 heterocycles. The summed E-state index contributed by atoms with van der Waals surface area (Å²) in [6.45, 7) is 10.9. The molecule has 0 aromatic heterocycles. The lowest BCUT2D eigenvalue weighted by molar-refractivity contribution is -0.127. The Labute approximate surface area is 182 Å². The average molecular weight is 435 g/mol. The molecule has 1 aromatic carbocycles. The summed E-state index contributed by atoms with van der Waals surface area (Å²) in [4.78, 5) is 28.8. The van der Waals surface area contributed by atoms with Gasteiger partial charge in [-0.3, -0.25) is 9.59 Å². The van der Waals surface area contributed by atoms with E-state index in [0.717, 1.165) is 29.8 Å². The summed E-state index contributed by atoms with van der Waals surface area (Å²) in [6, 6.07) is 5.27. The van der Waals surface area contributed by atoms with Crippen LogP contribution in [0.2, 0.25) is 10.0 Å². The molecule has 1 atom stereocenters. The molecule has 0 bridgehead atoms. The van der Waals surface area contributed by atoms with Gasteiger partial charge in [0.15, 0.2) is 5.78 Å². The minimum atomic E-state index is -0.504. The molecule has 1 amide bonds. The van der Waals surface area contributed by atoms with E-state index in [1.54, 1.807) is 17.0 Å².